The summed E-state index contributed by atoms with van der Waals surface area (Å²) < 4.78 is 11.0. The van der Waals surface area contributed by atoms with Crippen molar-refractivity contribution in [2.75, 3.05) is 46.1 Å². The maximum Gasteiger partial charge on any atom is 0.191 e. The van der Waals surface area contributed by atoms with Crippen LogP contribution < -0.4 is 10.6 Å². The molecule has 0 amide bonds. The van der Waals surface area contributed by atoms with Gasteiger partial charge in [0.25, 0.3) is 0 Å². The average Bonchev–Trinajstić information content (AvgIpc) is 2.49. The van der Waals surface area contributed by atoms with E-state index >= 15 is 0 Å². The lowest BCUT2D eigenvalue weighted by Crippen LogP contribution is -2.39. The summed E-state index contributed by atoms with van der Waals surface area (Å²) in [6.45, 7) is 12.1. The first-order valence-corrected chi connectivity index (χ1v) is 8.52. The van der Waals surface area contributed by atoms with Crippen LogP contribution in [0.3, 0.4) is 0 Å². The van der Waals surface area contributed by atoms with Gasteiger partial charge in [-0.1, -0.05) is 26.7 Å². The van der Waals surface area contributed by atoms with E-state index in [0.29, 0.717) is 0 Å². The van der Waals surface area contributed by atoms with E-state index in [4.69, 9.17) is 9.47 Å². The fraction of sp³-hybridized carbons (Fsp3) is 0.938. The highest BCUT2D eigenvalue weighted by molar-refractivity contribution is 14.0. The average molecular weight is 429 g/mol. The number of nitrogens with one attached hydrogen (secondary N) is 2. The SMILES string of the molecule is CCCCOCCCN=C(NCC)NCCOCCCC.I. The predicted molar refractivity (Wildman–Crippen MR) is 105 cm³/mol. The van der Waals surface area contributed by atoms with E-state index in [0.717, 1.165) is 71.3 Å². The minimum Gasteiger partial charge on any atom is -0.381 e. The van der Waals surface area contributed by atoms with Gasteiger partial charge in [-0.15, -0.1) is 24.0 Å². The third-order valence-electron chi connectivity index (χ3n) is 2.88. The van der Waals surface area contributed by atoms with Crippen LogP contribution in [0.2, 0.25) is 0 Å². The first kappa shape index (κ1) is 24.2. The number of ether oxygens (including phenoxy) is 2. The lowest BCUT2D eigenvalue weighted by molar-refractivity contribution is 0.130. The normalized spacial score (nSPS) is 11.1. The molecule has 6 heteroatoms. The van der Waals surface area contributed by atoms with Crippen molar-refractivity contribution in [2.45, 2.75) is 52.9 Å². The van der Waals surface area contributed by atoms with Gasteiger partial charge in [0.15, 0.2) is 5.96 Å². The number of nitrogens with zero attached hydrogens (tertiary/aromatic N) is 1. The van der Waals surface area contributed by atoms with E-state index in [1.807, 2.05) is 0 Å². The zero-order valence-electron chi connectivity index (χ0n) is 14.7. The lowest BCUT2D eigenvalue weighted by Gasteiger charge is -2.11. The van der Waals surface area contributed by atoms with Crippen molar-refractivity contribution >= 4 is 29.9 Å². The molecule has 0 aliphatic heterocycles. The molecule has 0 aromatic heterocycles. The van der Waals surface area contributed by atoms with Crippen molar-refractivity contribution in [3.8, 4) is 0 Å². The molecular weight excluding hydrogens is 393 g/mol. The molecule has 0 atom stereocenters. The van der Waals surface area contributed by atoms with Crippen molar-refractivity contribution in [3.05, 3.63) is 0 Å². The van der Waals surface area contributed by atoms with Gasteiger partial charge in [0, 0.05) is 39.5 Å². The fourth-order valence-corrected chi connectivity index (χ4v) is 1.64. The minimum atomic E-state index is 0. The van der Waals surface area contributed by atoms with Crippen molar-refractivity contribution in [2.24, 2.45) is 4.99 Å². The first-order chi connectivity index (χ1) is 10.3. The zero-order chi connectivity index (χ0) is 15.6. The highest BCUT2D eigenvalue weighted by atomic mass is 127. The maximum atomic E-state index is 5.52. The molecule has 22 heavy (non-hydrogen) atoms. The second-order valence-electron chi connectivity index (χ2n) is 4.97. The summed E-state index contributed by atoms with van der Waals surface area (Å²) in [5, 5.41) is 6.52. The van der Waals surface area contributed by atoms with Crippen LogP contribution in [0.15, 0.2) is 4.99 Å². The third-order valence-corrected chi connectivity index (χ3v) is 2.88. The molecule has 0 aromatic rings. The Hall–Kier alpha value is -0.0800. The van der Waals surface area contributed by atoms with Crippen LogP contribution in [0, 0.1) is 0 Å². The Kier molecular flexibility index (Phi) is 23.0. The van der Waals surface area contributed by atoms with Crippen LogP contribution in [-0.2, 0) is 9.47 Å². The Balaban J connectivity index is 0. The quantitative estimate of drug-likeness (QED) is 0.193. The monoisotopic (exact) mass is 429 g/mol. The second-order valence-corrected chi connectivity index (χ2v) is 4.97. The van der Waals surface area contributed by atoms with Gasteiger partial charge in [-0.3, -0.25) is 4.99 Å². The summed E-state index contributed by atoms with van der Waals surface area (Å²) in [5.41, 5.74) is 0. The van der Waals surface area contributed by atoms with Gasteiger partial charge in [-0.05, 0) is 26.2 Å². The minimum absolute atomic E-state index is 0. The van der Waals surface area contributed by atoms with Crippen molar-refractivity contribution in [3.63, 3.8) is 0 Å². The van der Waals surface area contributed by atoms with E-state index in [1.165, 1.54) is 12.8 Å². The Morgan fingerprint density at radius 1 is 0.818 bits per heavy atom. The summed E-state index contributed by atoms with van der Waals surface area (Å²) in [7, 11) is 0. The molecule has 0 saturated carbocycles. The highest BCUT2D eigenvalue weighted by Gasteiger charge is 1.96. The summed E-state index contributed by atoms with van der Waals surface area (Å²) in [6.07, 6.45) is 5.61. The summed E-state index contributed by atoms with van der Waals surface area (Å²) in [5.74, 6) is 0.866. The van der Waals surface area contributed by atoms with E-state index in [2.05, 4.69) is 36.4 Å². The van der Waals surface area contributed by atoms with Gasteiger partial charge in [0.2, 0.25) is 0 Å². The number of aliphatic imine (C=N–C) groups is 1. The summed E-state index contributed by atoms with van der Waals surface area (Å²) in [4.78, 5) is 4.52. The van der Waals surface area contributed by atoms with Crippen LogP contribution >= 0.6 is 24.0 Å². The number of unbranched alkanes of at least 4 members (excludes halogenated alkanes) is 2. The molecule has 0 saturated heterocycles. The Labute approximate surface area is 154 Å². The lowest BCUT2D eigenvalue weighted by atomic mass is 10.4. The van der Waals surface area contributed by atoms with Crippen LogP contribution in [-0.4, -0.2) is 52.0 Å². The van der Waals surface area contributed by atoms with Crippen molar-refractivity contribution < 1.29 is 9.47 Å². The molecule has 0 bridgehead atoms. The van der Waals surface area contributed by atoms with Crippen LogP contribution in [0.25, 0.3) is 0 Å². The highest BCUT2D eigenvalue weighted by Crippen LogP contribution is 1.90. The Morgan fingerprint density at radius 2 is 1.41 bits per heavy atom. The van der Waals surface area contributed by atoms with Gasteiger partial charge in [-0.2, -0.15) is 0 Å². The number of hydrogen-bond acceptors (Lipinski definition) is 3. The van der Waals surface area contributed by atoms with E-state index in [9.17, 15) is 0 Å². The molecule has 0 aromatic carbocycles. The number of rotatable bonds is 14. The Bertz CT molecular complexity index is 241. The first-order valence-electron chi connectivity index (χ1n) is 8.52. The summed E-state index contributed by atoms with van der Waals surface area (Å²) >= 11 is 0. The number of guanidine groups is 1. The Morgan fingerprint density at radius 3 is 2.00 bits per heavy atom. The summed E-state index contributed by atoms with van der Waals surface area (Å²) in [6, 6.07) is 0. The molecule has 0 heterocycles. The molecule has 0 spiro atoms. The van der Waals surface area contributed by atoms with E-state index in [1.54, 1.807) is 0 Å². The second kappa shape index (κ2) is 20.9. The third kappa shape index (κ3) is 18.0. The van der Waals surface area contributed by atoms with E-state index in [-0.39, 0.29) is 24.0 Å². The zero-order valence-corrected chi connectivity index (χ0v) is 17.0. The molecule has 0 aliphatic rings. The molecular formula is C16H36IN3O2. The van der Waals surface area contributed by atoms with Crippen LogP contribution in [0.5, 0.6) is 0 Å². The number of halogens is 1. The molecule has 0 unspecified atom stereocenters. The van der Waals surface area contributed by atoms with E-state index < -0.39 is 0 Å². The van der Waals surface area contributed by atoms with Crippen LogP contribution in [0.4, 0.5) is 0 Å². The van der Waals surface area contributed by atoms with Gasteiger partial charge >= 0.3 is 0 Å². The standard InChI is InChI=1S/C16H35N3O2.HI/c1-4-7-12-20-14-9-10-18-16(17-6-3)19-11-15-21-13-8-5-2;/h4-15H2,1-3H3,(H2,17,18,19);1H. The van der Waals surface area contributed by atoms with Crippen molar-refractivity contribution in [1.29, 1.82) is 0 Å². The predicted octanol–water partition coefficient (Wildman–Crippen LogP) is 3.18. The molecule has 5 nitrogen and oxygen atoms in total. The fourth-order valence-electron chi connectivity index (χ4n) is 1.64. The van der Waals surface area contributed by atoms with Gasteiger partial charge in [-0.25, -0.2) is 0 Å². The molecule has 0 aliphatic carbocycles. The maximum absolute atomic E-state index is 5.52. The van der Waals surface area contributed by atoms with Gasteiger partial charge in [0.05, 0.1) is 6.61 Å². The molecule has 0 fully saturated rings. The number of hydrogen-bond donors (Lipinski definition) is 2. The van der Waals surface area contributed by atoms with Crippen LogP contribution in [0.1, 0.15) is 52.9 Å². The van der Waals surface area contributed by atoms with Crippen molar-refractivity contribution in [1.82, 2.24) is 10.6 Å². The van der Waals surface area contributed by atoms with Gasteiger partial charge in [0.1, 0.15) is 0 Å². The molecule has 134 valence electrons. The largest absolute Gasteiger partial charge is 0.381 e. The molecule has 2 N–H and O–H groups in total. The topological polar surface area (TPSA) is 54.9 Å². The molecule has 0 rings (SSSR count). The molecule has 0 radical (unpaired) electrons. The van der Waals surface area contributed by atoms with Gasteiger partial charge < -0.3 is 20.1 Å². The smallest absolute Gasteiger partial charge is 0.191 e.